The minimum atomic E-state index is -2.04. The maximum absolute atomic E-state index is 10.6. The van der Waals surface area contributed by atoms with Crippen LogP contribution in [0.3, 0.4) is 0 Å². The molecule has 0 spiro atoms. The number of carbonyl (C=O) groups is 1. The van der Waals surface area contributed by atoms with Crippen LogP contribution in [0.5, 0.6) is 0 Å². The Hall–Kier alpha value is -0.500. The summed E-state index contributed by atoms with van der Waals surface area (Å²) in [6.07, 6.45) is 0. The van der Waals surface area contributed by atoms with Gasteiger partial charge in [0.2, 0.25) is 0 Å². The molecule has 6 nitrogen and oxygen atoms in total. The van der Waals surface area contributed by atoms with Crippen LogP contribution in [0.4, 0.5) is 0 Å². The molecular weight excluding hydrogens is 198 g/mol. The molecule has 0 aromatic carbocycles. The first-order valence-electron chi connectivity index (χ1n) is 3.75. The summed E-state index contributed by atoms with van der Waals surface area (Å²) in [7, 11) is 0. The van der Waals surface area contributed by atoms with Crippen molar-refractivity contribution in [1.29, 1.82) is 0 Å². The topological polar surface area (TPSA) is 87.1 Å². The molecule has 1 unspecified atom stereocenters. The number of carboxylic acids is 1. The Bertz CT molecular complexity index is 221. The Morgan fingerprint density at radius 2 is 2.38 bits per heavy atom. The largest absolute Gasteiger partial charge is 0.480 e. The van der Waals surface area contributed by atoms with Crippen LogP contribution in [0.1, 0.15) is 0 Å². The second-order valence-electron chi connectivity index (χ2n) is 2.71. The van der Waals surface area contributed by atoms with Crippen LogP contribution in [0.2, 0.25) is 0 Å². The third-order valence-electron chi connectivity index (χ3n) is 1.70. The molecule has 2 N–H and O–H groups in total. The summed E-state index contributed by atoms with van der Waals surface area (Å²) in [5, 5.41) is 8.47. The third-order valence-corrected chi connectivity index (χ3v) is 2.44. The van der Waals surface area contributed by atoms with Gasteiger partial charge >= 0.3 is 5.97 Å². The standard InChI is InChI=1S/C6H11NO5S/c8-5(9)3-7-1-2-12-6(4-7)13(10)11/h6H,1-4H2,(H,8,9)(H,10,11)/t6-/m0/s1. The molecule has 1 aliphatic heterocycles. The van der Waals surface area contributed by atoms with Crippen molar-refractivity contribution in [2.75, 3.05) is 26.2 Å². The fourth-order valence-corrected chi connectivity index (χ4v) is 1.68. The molecule has 1 saturated heterocycles. The number of ether oxygens (including phenoxy) is 1. The zero-order chi connectivity index (χ0) is 9.84. The fraction of sp³-hybridized carbons (Fsp3) is 0.833. The highest BCUT2D eigenvalue weighted by molar-refractivity contribution is 7.79. The van der Waals surface area contributed by atoms with Gasteiger partial charge in [0.05, 0.1) is 13.2 Å². The van der Waals surface area contributed by atoms with Gasteiger partial charge in [0.1, 0.15) is 0 Å². The van der Waals surface area contributed by atoms with Crippen molar-refractivity contribution in [2.24, 2.45) is 0 Å². The molecular formula is C6H11NO5S. The summed E-state index contributed by atoms with van der Waals surface area (Å²) in [6.45, 7) is 0.858. The summed E-state index contributed by atoms with van der Waals surface area (Å²) >= 11 is -2.04. The number of hydrogen-bond donors (Lipinski definition) is 2. The number of carboxylic acid groups (broad SMARTS) is 1. The van der Waals surface area contributed by atoms with Gasteiger partial charge in [-0.05, 0) is 0 Å². The molecule has 13 heavy (non-hydrogen) atoms. The van der Waals surface area contributed by atoms with Crippen molar-refractivity contribution in [1.82, 2.24) is 4.90 Å². The molecule has 0 saturated carbocycles. The van der Waals surface area contributed by atoms with Crippen molar-refractivity contribution >= 4 is 17.0 Å². The highest BCUT2D eigenvalue weighted by Crippen LogP contribution is 2.06. The number of morpholine rings is 1. The van der Waals surface area contributed by atoms with Crippen molar-refractivity contribution in [3.63, 3.8) is 0 Å². The summed E-state index contributed by atoms with van der Waals surface area (Å²) in [5.74, 6) is -0.940. The Morgan fingerprint density at radius 3 is 2.92 bits per heavy atom. The molecule has 0 aromatic rings. The molecule has 1 aliphatic rings. The van der Waals surface area contributed by atoms with Crippen LogP contribution in [-0.4, -0.2) is 56.4 Å². The minimum absolute atomic E-state index is 0.114. The smallest absolute Gasteiger partial charge is 0.317 e. The summed E-state index contributed by atoms with van der Waals surface area (Å²) in [6, 6.07) is 0. The molecule has 7 heteroatoms. The van der Waals surface area contributed by atoms with E-state index in [1.165, 1.54) is 0 Å². The van der Waals surface area contributed by atoms with Crippen LogP contribution in [0.25, 0.3) is 0 Å². The molecule has 0 bridgehead atoms. The Balaban J connectivity index is 2.41. The highest BCUT2D eigenvalue weighted by atomic mass is 32.2. The van der Waals surface area contributed by atoms with E-state index in [9.17, 15) is 9.00 Å². The maximum atomic E-state index is 10.6. The van der Waals surface area contributed by atoms with E-state index in [-0.39, 0.29) is 13.1 Å². The lowest BCUT2D eigenvalue weighted by atomic mass is 10.4. The summed E-state index contributed by atoms with van der Waals surface area (Å²) in [4.78, 5) is 11.9. The zero-order valence-electron chi connectivity index (χ0n) is 6.88. The molecule has 1 heterocycles. The lowest BCUT2D eigenvalue weighted by molar-refractivity contribution is -0.139. The molecule has 0 aliphatic carbocycles. The van der Waals surface area contributed by atoms with Crippen LogP contribution < -0.4 is 0 Å². The highest BCUT2D eigenvalue weighted by Gasteiger charge is 2.25. The second-order valence-corrected chi connectivity index (χ2v) is 3.78. The molecule has 2 atom stereocenters. The van der Waals surface area contributed by atoms with Crippen LogP contribution in [0.15, 0.2) is 0 Å². The summed E-state index contributed by atoms with van der Waals surface area (Å²) in [5.41, 5.74) is -0.784. The normalized spacial score (nSPS) is 27.0. The number of nitrogens with zero attached hydrogens (tertiary/aromatic N) is 1. The van der Waals surface area contributed by atoms with E-state index in [1.54, 1.807) is 4.90 Å². The first kappa shape index (κ1) is 10.6. The Labute approximate surface area is 77.8 Å². The fourth-order valence-electron chi connectivity index (χ4n) is 1.12. The summed E-state index contributed by atoms with van der Waals surface area (Å²) < 4.78 is 24.3. The van der Waals surface area contributed by atoms with Crippen LogP contribution >= 0.6 is 0 Å². The first-order valence-corrected chi connectivity index (χ1v) is 4.92. The molecule has 1 rings (SSSR count). The Morgan fingerprint density at radius 1 is 1.69 bits per heavy atom. The van der Waals surface area contributed by atoms with Crippen LogP contribution in [-0.2, 0) is 20.6 Å². The first-order chi connectivity index (χ1) is 6.09. The number of hydrogen-bond acceptors (Lipinski definition) is 4. The van der Waals surface area contributed by atoms with Crippen molar-refractivity contribution in [2.45, 2.75) is 5.44 Å². The minimum Gasteiger partial charge on any atom is -0.480 e. The monoisotopic (exact) mass is 209 g/mol. The third kappa shape index (κ3) is 3.39. The van der Waals surface area contributed by atoms with Crippen molar-refractivity contribution < 1.29 is 23.4 Å². The molecule has 0 radical (unpaired) electrons. The van der Waals surface area contributed by atoms with Gasteiger partial charge in [0.15, 0.2) is 16.5 Å². The van der Waals surface area contributed by atoms with Crippen molar-refractivity contribution in [3.8, 4) is 0 Å². The van der Waals surface area contributed by atoms with Gasteiger partial charge in [0.25, 0.3) is 0 Å². The van der Waals surface area contributed by atoms with E-state index in [4.69, 9.17) is 14.4 Å². The van der Waals surface area contributed by atoms with E-state index >= 15 is 0 Å². The van der Waals surface area contributed by atoms with Gasteiger partial charge in [-0.15, -0.1) is 0 Å². The Kier molecular flexibility index (Phi) is 3.79. The molecule has 0 amide bonds. The number of aliphatic carboxylic acids is 1. The van der Waals surface area contributed by atoms with E-state index in [1.807, 2.05) is 0 Å². The van der Waals surface area contributed by atoms with Crippen LogP contribution in [0, 0.1) is 0 Å². The number of rotatable bonds is 3. The molecule has 1 fully saturated rings. The van der Waals surface area contributed by atoms with Crippen molar-refractivity contribution in [3.05, 3.63) is 0 Å². The average molecular weight is 209 g/mol. The van der Waals surface area contributed by atoms with Gasteiger partial charge in [-0.2, -0.15) is 0 Å². The maximum Gasteiger partial charge on any atom is 0.317 e. The zero-order valence-corrected chi connectivity index (χ0v) is 7.70. The SMILES string of the molecule is O=C(O)CN1CCO[C@@H](S(=O)O)C1. The lowest BCUT2D eigenvalue weighted by Gasteiger charge is -2.29. The van der Waals surface area contributed by atoms with E-state index in [0.717, 1.165) is 0 Å². The van der Waals surface area contributed by atoms with Gasteiger partial charge in [-0.25, -0.2) is 4.21 Å². The second kappa shape index (κ2) is 4.66. The molecule has 0 aromatic heterocycles. The molecule has 76 valence electrons. The average Bonchev–Trinajstić information content (AvgIpc) is 2.03. The van der Waals surface area contributed by atoms with Gasteiger partial charge in [0, 0.05) is 13.1 Å². The van der Waals surface area contributed by atoms with E-state index in [2.05, 4.69) is 0 Å². The van der Waals surface area contributed by atoms with Gasteiger partial charge < -0.3 is 14.4 Å². The predicted octanol–water partition coefficient (Wildman–Crippen LogP) is -1.05. The quantitative estimate of drug-likeness (QED) is 0.577. The van der Waals surface area contributed by atoms with Gasteiger partial charge in [-0.3, -0.25) is 9.69 Å². The predicted molar refractivity (Wildman–Crippen MR) is 44.6 cm³/mol. The van der Waals surface area contributed by atoms with Gasteiger partial charge in [-0.1, -0.05) is 0 Å². The lowest BCUT2D eigenvalue weighted by Crippen LogP contribution is -2.46. The van der Waals surface area contributed by atoms with E-state index < -0.39 is 22.5 Å². The van der Waals surface area contributed by atoms with E-state index in [0.29, 0.717) is 13.2 Å².